The number of carbonyl (C=O) groups is 1. The molecule has 0 saturated heterocycles. The van der Waals surface area contributed by atoms with Gasteiger partial charge in [-0.3, -0.25) is 4.79 Å². The van der Waals surface area contributed by atoms with Gasteiger partial charge < -0.3 is 9.88 Å². The Hall–Kier alpha value is -0.890. The number of Topliss-reactive ketones (excluding diaryl/α,β-unsaturated/α-hetero) is 1. The van der Waals surface area contributed by atoms with Crippen molar-refractivity contribution in [2.45, 2.75) is 24.4 Å². The molecule has 0 radical (unpaired) electrons. The van der Waals surface area contributed by atoms with Gasteiger partial charge in [0, 0.05) is 12.8 Å². The van der Waals surface area contributed by atoms with E-state index < -0.39 is 0 Å². The molecule has 2 rings (SSSR count). The number of nitrogens with one attached hydrogen (secondary N) is 1. The van der Waals surface area contributed by atoms with Gasteiger partial charge in [-0.25, -0.2) is 0 Å². The standard InChI is InChI=1S/C12H16N4OS2.ClH/c1-8(17)10-4-9(6-18-10)7-19-12-15-14-11(5-13-2)16(12)3;/h4,6,13H,5,7H2,1-3H3;1H. The molecule has 0 aromatic carbocycles. The monoisotopic (exact) mass is 332 g/mol. The zero-order valence-electron chi connectivity index (χ0n) is 11.5. The first-order chi connectivity index (χ1) is 9.11. The molecule has 0 fully saturated rings. The Labute approximate surface area is 132 Å². The quantitative estimate of drug-likeness (QED) is 0.650. The molecule has 0 atom stereocenters. The molecule has 110 valence electrons. The average Bonchev–Trinajstić information content (AvgIpc) is 2.97. The second-order valence-electron chi connectivity index (χ2n) is 4.15. The lowest BCUT2D eigenvalue weighted by Gasteiger charge is -2.02. The van der Waals surface area contributed by atoms with Crippen molar-refractivity contribution in [1.82, 2.24) is 20.1 Å². The molecule has 1 N–H and O–H groups in total. The van der Waals surface area contributed by atoms with Crippen LogP contribution in [0.4, 0.5) is 0 Å². The number of halogens is 1. The van der Waals surface area contributed by atoms with Gasteiger partial charge in [-0.2, -0.15) is 0 Å². The van der Waals surface area contributed by atoms with E-state index in [4.69, 9.17) is 0 Å². The first kappa shape index (κ1) is 17.2. The van der Waals surface area contributed by atoms with E-state index in [9.17, 15) is 4.79 Å². The Kier molecular flexibility index (Phi) is 6.67. The molecule has 0 aliphatic heterocycles. The maximum atomic E-state index is 11.2. The number of aromatic nitrogens is 3. The molecule has 0 unspecified atom stereocenters. The number of thioether (sulfide) groups is 1. The maximum Gasteiger partial charge on any atom is 0.191 e. The topological polar surface area (TPSA) is 59.8 Å². The van der Waals surface area contributed by atoms with E-state index in [0.29, 0.717) is 6.54 Å². The van der Waals surface area contributed by atoms with Crippen molar-refractivity contribution in [2.24, 2.45) is 7.05 Å². The van der Waals surface area contributed by atoms with Gasteiger partial charge in [-0.05, 0) is 31.0 Å². The second kappa shape index (κ2) is 7.78. The van der Waals surface area contributed by atoms with Crippen molar-refractivity contribution in [3.8, 4) is 0 Å². The lowest BCUT2D eigenvalue weighted by atomic mass is 10.3. The van der Waals surface area contributed by atoms with Crippen LogP contribution in [0.1, 0.15) is 28.0 Å². The van der Waals surface area contributed by atoms with Crippen LogP contribution in [0.25, 0.3) is 0 Å². The number of rotatable bonds is 6. The van der Waals surface area contributed by atoms with Crippen LogP contribution in [0.5, 0.6) is 0 Å². The summed E-state index contributed by atoms with van der Waals surface area (Å²) in [4.78, 5) is 12.0. The molecule has 0 saturated carbocycles. The third-order valence-electron chi connectivity index (χ3n) is 2.63. The molecule has 0 aliphatic carbocycles. The van der Waals surface area contributed by atoms with E-state index in [0.717, 1.165) is 27.2 Å². The first-order valence-corrected chi connectivity index (χ1v) is 7.72. The van der Waals surface area contributed by atoms with Gasteiger partial charge >= 0.3 is 0 Å². The van der Waals surface area contributed by atoms with E-state index in [1.54, 1.807) is 18.7 Å². The summed E-state index contributed by atoms with van der Waals surface area (Å²) >= 11 is 3.12. The molecule has 5 nitrogen and oxygen atoms in total. The fourth-order valence-corrected chi connectivity index (χ4v) is 3.35. The number of carbonyl (C=O) groups excluding carboxylic acids is 1. The predicted octanol–water partition coefficient (Wildman–Crippen LogP) is 2.51. The molecule has 0 spiro atoms. The molecule has 20 heavy (non-hydrogen) atoms. The SMILES string of the molecule is CNCc1nnc(SCc2csc(C(C)=O)c2)n1C.Cl. The molecular formula is C12H17ClN4OS2. The summed E-state index contributed by atoms with van der Waals surface area (Å²) in [6.07, 6.45) is 0. The minimum atomic E-state index is 0. The van der Waals surface area contributed by atoms with E-state index >= 15 is 0 Å². The molecule has 0 bridgehead atoms. The van der Waals surface area contributed by atoms with Crippen LogP contribution in [-0.2, 0) is 19.3 Å². The van der Waals surface area contributed by atoms with E-state index in [1.807, 2.05) is 30.1 Å². The van der Waals surface area contributed by atoms with Gasteiger partial charge in [0.1, 0.15) is 5.82 Å². The summed E-state index contributed by atoms with van der Waals surface area (Å²) in [5.41, 5.74) is 1.15. The maximum absolute atomic E-state index is 11.2. The number of nitrogens with zero attached hydrogens (tertiary/aromatic N) is 3. The number of hydrogen-bond acceptors (Lipinski definition) is 6. The zero-order valence-corrected chi connectivity index (χ0v) is 14.0. The summed E-state index contributed by atoms with van der Waals surface area (Å²) in [6.45, 7) is 2.30. The minimum Gasteiger partial charge on any atom is -0.313 e. The van der Waals surface area contributed by atoms with Crippen molar-refractivity contribution < 1.29 is 4.79 Å². The van der Waals surface area contributed by atoms with Crippen molar-refractivity contribution in [3.63, 3.8) is 0 Å². The minimum absolute atomic E-state index is 0. The number of thiophene rings is 1. The Balaban J connectivity index is 0.00000200. The first-order valence-electron chi connectivity index (χ1n) is 5.86. The third kappa shape index (κ3) is 4.05. The lowest BCUT2D eigenvalue weighted by Crippen LogP contribution is -2.10. The summed E-state index contributed by atoms with van der Waals surface area (Å²) in [7, 11) is 3.85. The van der Waals surface area contributed by atoms with Crippen molar-refractivity contribution in [2.75, 3.05) is 7.05 Å². The van der Waals surface area contributed by atoms with Crippen LogP contribution in [0, 0.1) is 0 Å². The van der Waals surface area contributed by atoms with Crippen LogP contribution < -0.4 is 5.32 Å². The van der Waals surface area contributed by atoms with Crippen LogP contribution in [-0.4, -0.2) is 27.6 Å². The molecule has 2 heterocycles. The smallest absolute Gasteiger partial charge is 0.191 e. The highest BCUT2D eigenvalue weighted by atomic mass is 35.5. The predicted molar refractivity (Wildman–Crippen MR) is 84.9 cm³/mol. The number of ketones is 1. The largest absolute Gasteiger partial charge is 0.313 e. The highest BCUT2D eigenvalue weighted by Crippen LogP contribution is 2.24. The van der Waals surface area contributed by atoms with Gasteiger partial charge in [0.2, 0.25) is 0 Å². The van der Waals surface area contributed by atoms with E-state index in [1.165, 1.54) is 11.3 Å². The van der Waals surface area contributed by atoms with E-state index in [-0.39, 0.29) is 18.2 Å². The summed E-state index contributed by atoms with van der Waals surface area (Å²) in [5.74, 6) is 1.84. The molecule has 2 aromatic heterocycles. The van der Waals surface area contributed by atoms with Crippen molar-refractivity contribution in [3.05, 3.63) is 27.7 Å². The lowest BCUT2D eigenvalue weighted by molar-refractivity contribution is 0.102. The summed E-state index contributed by atoms with van der Waals surface area (Å²) in [6, 6.07) is 1.95. The van der Waals surface area contributed by atoms with Crippen molar-refractivity contribution >= 4 is 41.3 Å². The second-order valence-corrected chi connectivity index (χ2v) is 6.01. The number of hydrogen-bond donors (Lipinski definition) is 1. The van der Waals surface area contributed by atoms with Crippen LogP contribution >= 0.6 is 35.5 Å². The summed E-state index contributed by atoms with van der Waals surface area (Å²) < 4.78 is 1.99. The van der Waals surface area contributed by atoms with Gasteiger partial charge in [-0.1, -0.05) is 11.8 Å². The molecular weight excluding hydrogens is 316 g/mol. The Morgan fingerprint density at radius 3 is 2.85 bits per heavy atom. The van der Waals surface area contributed by atoms with E-state index in [2.05, 4.69) is 15.5 Å². The van der Waals surface area contributed by atoms with Crippen LogP contribution in [0.2, 0.25) is 0 Å². The molecule has 8 heteroatoms. The normalized spacial score (nSPS) is 10.3. The van der Waals surface area contributed by atoms with Gasteiger partial charge in [0.25, 0.3) is 0 Å². The molecule has 0 aliphatic rings. The Morgan fingerprint density at radius 2 is 2.25 bits per heavy atom. The van der Waals surface area contributed by atoms with Gasteiger partial charge in [-0.15, -0.1) is 33.9 Å². The van der Waals surface area contributed by atoms with Crippen LogP contribution in [0.3, 0.4) is 0 Å². The highest BCUT2D eigenvalue weighted by Gasteiger charge is 2.10. The molecule has 2 aromatic rings. The fourth-order valence-electron chi connectivity index (χ4n) is 1.57. The molecule has 0 amide bonds. The Bertz CT molecular complexity index is 582. The highest BCUT2D eigenvalue weighted by molar-refractivity contribution is 7.98. The fraction of sp³-hybridized carbons (Fsp3) is 0.417. The van der Waals surface area contributed by atoms with Gasteiger partial charge in [0.05, 0.1) is 11.4 Å². The zero-order chi connectivity index (χ0) is 13.8. The van der Waals surface area contributed by atoms with Crippen LogP contribution in [0.15, 0.2) is 16.6 Å². The van der Waals surface area contributed by atoms with Crippen molar-refractivity contribution in [1.29, 1.82) is 0 Å². The van der Waals surface area contributed by atoms with Gasteiger partial charge in [0.15, 0.2) is 10.9 Å². The Morgan fingerprint density at radius 1 is 1.50 bits per heavy atom. The summed E-state index contributed by atoms with van der Waals surface area (Å²) in [5, 5.41) is 14.3. The average molecular weight is 333 g/mol. The third-order valence-corrected chi connectivity index (χ3v) is 4.80.